The fraction of sp³-hybridized carbons (Fsp3) is 0.158. The number of benzene rings is 2. The van der Waals surface area contributed by atoms with E-state index in [9.17, 15) is 24.2 Å². The van der Waals surface area contributed by atoms with Crippen LogP contribution in [0.3, 0.4) is 0 Å². The molecule has 0 spiro atoms. The number of halogens is 1. The van der Waals surface area contributed by atoms with Crippen molar-refractivity contribution in [3.63, 3.8) is 0 Å². The molecule has 2 aromatic carbocycles. The van der Waals surface area contributed by atoms with Gasteiger partial charge < -0.3 is 14.9 Å². The zero-order chi connectivity index (χ0) is 20.4. The Balaban J connectivity index is 1.71. The molecule has 0 bridgehead atoms. The molecule has 1 heterocycles. The van der Waals surface area contributed by atoms with E-state index in [0.717, 1.165) is 0 Å². The molecule has 8 nitrogen and oxygen atoms in total. The zero-order valence-corrected chi connectivity index (χ0v) is 15.0. The number of fused-ring (bicyclic) bond motifs is 1. The molecule has 0 saturated heterocycles. The first-order chi connectivity index (χ1) is 13.3. The van der Waals surface area contributed by atoms with Crippen LogP contribution in [-0.4, -0.2) is 32.7 Å². The molecular formula is C19H16FN3O5. The summed E-state index contributed by atoms with van der Waals surface area (Å²) in [5, 5.41) is 27.2. The van der Waals surface area contributed by atoms with Crippen LogP contribution < -0.4 is 4.74 Å². The van der Waals surface area contributed by atoms with Crippen molar-refractivity contribution in [3.8, 4) is 17.5 Å². The third kappa shape index (κ3) is 3.68. The summed E-state index contributed by atoms with van der Waals surface area (Å²) in [6.45, 7) is 1.42. The van der Waals surface area contributed by atoms with Gasteiger partial charge in [0.05, 0.1) is 0 Å². The average molecular weight is 385 g/mol. The molecule has 2 N–H and O–H groups in total. The van der Waals surface area contributed by atoms with E-state index < -0.39 is 23.7 Å². The summed E-state index contributed by atoms with van der Waals surface area (Å²) >= 11 is 0. The Labute approximate surface area is 158 Å². The summed E-state index contributed by atoms with van der Waals surface area (Å²) in [7, 11) is 1.47. The molecule has 144 valence electrons. The van der Waals surface area contributed by atoms with Gasteiger partial charge in [-0.25, -0.2) is 4.39 Å². The summed E-state index contributed by atoms with van der Waals surface area (Å²) < 4.78 is 19.4. The number of azo groups is 1. The van der Waals surface area contributed by atoms with Crippen LogP contribution >= 0.6 is 0 Å². The van der Waals surface area contributed by atoms with Crippen molar-refractivity contribution in [2.24, 2.45) is 17.3 Å². The fourth-order valence-electron chi connectivity index (χ4n) is 2.52. The molecular weight excluding hydrogens is 369 g/mol. The van der Waals surface area contributed by atoms with Gasteiger partial charge in [0.1, 0.15) is 11.6 Å². The van der Waals surface area contributed by atoms with E-state index in [1.165, 1.54) is 61.0 Å². The van der Waals surface area contributed by atoms with Crippen LogP contribution in [0.4, 0.5) is 4.39 Å². The van der Waals surface area contributed by atoms with Crippen LogP contribution in [0.2, 0.25) is 0 Å². The van der Waals surface area contributed by atoms with Gasteiger partial charge in [-0.1, -0.05) is 0 Å². The molecule has 28 heavy (non-hydrogen) atoms. The summed E-state index contributed by atoms with van der Waals surface area (Å²) in [5.74, 6) is -2.11. The molecule has 0 aliphatic rings. The number of aromatic hydroxyl groups is 2. The van der Waals surface area contributed by atoms with Gasteiger partial charge in [0, 0.05) is 23.4 Å². The number of nitrogens with zero attached hydrogens (tertiary/aromatic N) is 3. The minimum atomic E-state index is -1.03. The predicted molar refractivity (Wildman–Crippen MR) is 96.9 cm³/mol. The van der Waals surface area contributed by atoms with Crippen molar-refractivity contribution >= 4 is 22.6 Å². The molecule has 0 aliphatic heterocycles. The van der Waals surface area contributed by atoms with Crippen LogP contribution in [0, 0.1) is 5.82 Å². The van der Waals surface area contributed by atoms with E-state index >= 15 is 0 Å². The Morgan fingerprint density at radius 2 is 1.68 bits per heavy atom. The van der Waals surface area contributed by atoms with Crippen LogP contribution in [-0.2, 0) is 11.8 Å². The van der Waals surface area contributed by atoms with Gasteiger partial charge in [-0.2, -0.15) is 0 Å². The van der Waals surface area contributed by atoms with Gasteiger partial charge >= 0.3 is 5.91 Å². The molecule has 2 amide bonds. The van der Waals surface area contributed by atoms with Crippen LogP contribution in [0.1, 0.15) is 17.3 Å². The number of ether oxygens (including phenoxy) is 1. The minimum absolute atomic E-state index is 0.0806. The highest BCUT2D eigenvalue weighted by Gasteiger charge is 2.17. The molecule has 0 fully saturated rings. The Bertz CT molecular complexity index is 1090. The summed E-state index contributed by atoms with van der Waals surface area (Å²) in [6.07, 6.45) is -1.03. The number of hydrogen-bond acceptors (Lipinski definition) is 5. The number of carbonyl (C=O) groups excluding carboxylic acids is 2. The van der Waals surface area contributed by atoms with E-state index in [4.69, 9.17) is 4.74 Å². The third-order valence-corrected chi connectivity index (χ3v) is 4.10. The maximum absolute atomic E-state index is 12.9. The summed E-state index contributed by atoms with van der Waals surface area (Å²) in [5.41, 5.74) is 0.0806. The largest absolute Gasteiger partial charge is 0.494 e. The SMILES string of the molecule is CC(Oc1ccc(F)cc1)C(=O)N=NC(=O)c1ccc2c(O)n(C)c(O)c2c1. The second kappa shape index (κ2) is 7.47. The third-order valence-electron chi connectivity index (χ3n) is 4.10. The van der Waals surface area contributed by atoms with E-state index in [1.54, 1.807) is 0 Å². The summed E-state index contributed by atoms with van der Waals surface area (Å²) in [6, 6.07) is 9.28. The molecule has 9 heteroatoms. The lowest BCUT2D eigenvalue weighted by Crippen LogP contribution is -2.21. The fourth-order valence-corrected chi connectivity index (χ4v) is 2.52. The van der Waals surface area contributed by atoms with Crippen molar-refractivity contribution < 1.29 is 28.9 Å². The highest BCUT2D eigenvalue weighted by atomic mass is 19.1. The summed E-state index contributed by atoms with van der Waals surface area (Å²) in [4.78, 5) is 24.1. The lowest BCUT2D eigenvalue weighted by molar-refractivity contribution is -0.124. The Hall–Kier alpha value is -3.75. The number of hydrogen-bond donors (Lipinski definition) is 2. The topological polar surface area (TPSA) is 113 Å². The van der Waals surface area contributed by atoms with Crippen molar-refractivity contribution in [1.29, 1.82) is 0 Å². The van der Waals surface area contributed by atoms with Gasteiger partial charge in [0.2, 0.25) is 11.8 Å². The molecule has 1 unspecified atom stereocenters. The van der Waals surface area contributed by atoms with Crippen molar-refractivity contribution in [3.05, 3.63) is 53.8 Å². The first-order valence-corrected chi connectivity index (χ1v) is 8.20. The Morgan fingerprint density at radius 3 is 2.36 bits per heavy atom. The molecule has 3 rings (SSSR count). The molecule has 1 aromatic heterocycles. The first-order valence-electron chi connectivity index (χ1n) is 8.20. The molecule has 0 saturated carbocycles. The van der Waals surface area contributed by atoms with Crippen molar-refractivity contribution in [2.45, 2.75) is 13.0 Å². The van der Waals surface area contributed by atoms with Crippen molar-refractivity contribution in [1.82, 2.24) is 4.57 Å². The van der Waals surface area contributed by atoms with Crippen molar-refractivity contribution in [2.75, 3.05) is 0 Å². The highest BCUT2D eigenvalue weighted by molar-refractivity contribution is 6.02. The monoisotopic (exact) mass is 385 g/mol. The molecule has 0 radical (unpaired) electrons. The van der Waals surface area contributed by atoms with Gasteiger partial charge in [-0.15, -0.1) is 10.2 Å². The maximum atomic E-state index is 12.9. The van der Waals surface area contributed by atoms with E-state index in [0.29, 0.717) is 5.39 Å². The van der Waals surface area contributed by atoms with Gasteiger partial charge in [0.15, 0.2) is 6.10 Å². The number of carbonyl (C=O) groups is 2. The van der Waals surface area contributed by atoms with E-state index in [-0.39, 0.29) is 28.5 Å². The number of amides is 2. The lowest BCUT2D eigenvalue weighted by Gasteiger charge is -2.10. The van der Waals surface area contributed by atoms with Gasteiger partial charge in [-0.05, 0) is 49.4 Å². The number of rotatable bonds is 4. The lowest BCUT2D eigenvalue weighted by atomic mass is 10.1. The Kier molecular flexibility index (Phi) is 5.08. The smallest absolute Gasteiger partial charge is 0.304 e. The van der Waals surface area contributed by atoms with E-state index in [2.05, 4.69) is 10.2 Å². The first kappa shape index (κ1) is 19.0. The molecule has 3 aromatic rings. The second-order valence-electron chi connectivity index (χ2n) is 6.02. The molecule has 0 aliphatic carbocycles. The maximum Gasteiger partial charge on any atom is 0.304 e. The van der Waals surface area contributed by atoms with Gasteiger partial charge in [-0.3, -0.25) is 14.2 Å². The quantitative estimate of drug-likeness (QED) is 0.669. The van der Waals surface area contributed by atoms with Crippen LogP contribution in [0.25, 0.3) is 10.8 Å². The number of aromatic nitrogens is 1. The minimum Gasteiger partial charge on any atom is -0.494 e. The second-order valence-corrected chi connectivity index (χ2v) is 6.02. The molecule has 1 atom stereocenters. The standard InChI is InChI=1S/C19H16FN3O5/c1-10(28-13-6-4-12(20)5-7-13)16(24)21-22-17(25)11-3-8-14-15(9-11)19(27)23(2)18(14)26/h3-10,26-27H,1-2H3. The average Bonchev–Trinajstić information content (AvgIpc) is 2.91. The van der Waals surface area contributed by atoms with E-state index in [1.807, 2.05) is 0 Å². The predicted octanol–water partition coefficient (Wildman–Crippen LogP) is 3.32. The Morgan fingerprint density at radius 1 is 1.04 bits per heavy atom. The van der Waals surface area contributed by atoms with Crippen LogP contribution in [0.15, 0.2) is 52.7 Å². The normalized spacial score (nSPS) is 12.4. The van der Waals surface area contributed by atoms with Gasteiger partial charge in [0.25, 0.3) is 5.91 Å². The highest BCUT2D eigenvalue weighted by Crippen LogP contribution is 2.35. The van der Waals surface area contributed by atoms with Crippen LogP contribution in [0.5, 0.6) is 17.5 Å². The zero-order valence-electron chi connectivity index (χ0n) is 15.0.